The predicted octanol–water partition coefficient (Wildman–Crippen LogP) is 4.49. The summed E-state index contributed by atoms with van der Waals surface area (Å²) in [5, 5.41) is 0. The molecule has 22 heavy (non-hydrogen) atoms. The Bertz CT molecular complexity index is 272. The highest BCUT2D eigenvalue weighted by atomic mass is 28.4. The summed E-state index contributed by atoms with van der Waals surface area (Å²) in [6.07, 6.45) is -0.979. The van der Waals surface area contributed by atoms with Crippen LogP contribution in [0.3, 0.4) is 0 Å². The smallest absolute Gasteiger partial charge is 0.377 e. The number of alkyl halides is 3. The summed E-state index contributed by atoms with van der Waals surface area (Å²) < 4.78 is 56.8. The third kappa shape index (κ3) is 5.83. The van der Waals surface area contributed by atoms with Crippen LogP contribution < -0.4 is 0 Å². The van der Waals surface area contributed by atoms with Gasteiger partial charge in [0.2, 0.25) is 0 Å². The standard InChI is InChI=1S/C15H31F3O3Si/c1-6-14(22(19-3,20-4)21-5)12(2)15(18)13(17)10-8-7-9-11-16/h12-15H,6-11H2,1-5H3. The summed E-state index contributed by atoms with van der Waals surface area (Å²) in [6.45, 7) is 3.15. The second-order valence-corrected chi connectivity index (χ2v) is 8.76. The van der Waals surface area contributed by atoms with E-state index in [9.17, 15) is 13.2 Å². The molecule has 134 valence electrons. The van der Waals surface area contributed by atoms with Crippen molar-refractivity contribution in [2.45, 2.75) is 63.8 Å². The van der Waals surface area contributed by atoms with Crippen LogP contribution in [0.5, 0.6) is 0 Å². The minimum Gasteiger partial charge on any atom is -0.377 e. The molecule has 7 heteroatoms. The molecule has 4 atom stereocenters. The van der Waals surface area contributed by atoms with Crippen molar-refractivity contribution in [3.63, 3.8) is 0 Å². The summed E-state index contributed by atoms with van der Waals surface area (Å²) in [7, 11) is 1.41. The van der Waals surface area contributed by atoms with Crippen molar-refractivity contribution in [2.24, 2.45) is 5.92 Å². The van der Waals surface area contributed by atoms with Crippen molar-refractivity contribution in [1.29, 1.82) is 0 Å². The molecular weight excluding hydrogens is 313 g/mol. The Morgan fingerprint density at radius 3 is 1.91 bits per heavy atom. The van der Waals surface area contributed by atoms with E-state index in [1.165, 1.54) is 21.3 Å². The maximum atomic E-state index is 14.5. The molecule has 3 nitrogen and oxygen atoms in total. The van der Waals surface area contributed by atoms with Crippen molar-refractivity contribution in [3.8, 4) is 0 Å². The zero-order valence-corrected chi connectivity index (χ0v) is 15.4. The lowest BCUT2D eigenvalue weighted by atomic mass is 9.94. The highest BCUT2D eigenvalue weighted by Crippen LogP contribution is 2.39. The van der Waals surface area contributed by atoms with Crippen LogP contribution in [0, 0.1) is 5.92 Å². The van der Waals surface area contributed by atoms with Gasteiger partial charge >= 0.3 is 8.80 Å². The average Bonchev–Trinajstić information content (AvgIpc) is 2.55. The molecule has 0 spiro atoms. The van der Waals surface area contributed by atoms with Gasteiger partial charge in [-0.3, -0.25) is 4.39 Å². The van der Waals surface area contributed by atoms with E-state index >= 15 is 0 Å². The Balaban J connectivity index is 4.76. The molecule has 0 aromatic heterocycles. The lowest BCUT2D eigenvalue weighted by molar-refractivity contribution is 0.0629. The summed E-state index contributed by atoms with van der Waals surface area (Å²) in [4.78, 5) is 0. The van der Waals surface area contributed by atoms with E-state index in [1.807, 2.05) is 6.92 Å². The molecule has 0 bridgehead atoms. The van der Waals surface area contributed by atoms with Crippen LogP contribution in [-0.4, -0.2) is 49.2 Å². The topological polar surface area (TPSA) is 27.7 Å². The second-order valence-electron chi connectivity index (χ2n) is 5.59. The van der Waals surface area contributed by atoms with E-state index in [-0.39, 0.29) is 12.0 Å². The SMILES string of the molecule is CCC(C(C)C(F)C(F)CCCCCF)[Si](OC)(OC)OC. The quantitative estimate of drug-likeness (QED) is 0.364. The Morgan fingerprint density at radius 1 is 0.955 bits per heavy atom. The first kappa shape index (κ1) is 21.9. The molecular formula is C15H31F3O3Si. The first-order chi connectivity index (χ1) is 10.4. The molecule has 0 N–H and O–H groups in total. The first-order valence-corrected chi connectivity index (χ1v) is 9.73. The van der Waals surface area contributed by atoms with Crippen molar-refractivity contribution < 1.29 is 26.4 Å². The van der Waals surface area contributed by atoms with Gasteiger partial charge in [0, 0.05) is 26.9 Å². The summed E-state index contributed by atoms with van der Waals surface area (Å²) in [5.41, 5.74) is -0.313. The van der Waals surface area contributed by atoms with Gasteiger partial charge in [-0.1, -0.05) is 26.7 Å². The number of rotatable bonds is 13. The van der Waals surface area contributed by atoms with Crippen molar-refractivity contribution in [2.75, 3.05) is 28.0 Å². The van der Waals surface area contributed by atoms with Crippen LogP contribution in [0.2, 0.25) is 5.54 Å². The Morgan fingerprint density at radius 2 is 1.50 bits per heavy atom. The van der Waals surface area contributed by atoms with Gasteiger partial charge in [-0.15, -0.1) is 0 Å². The fourth-order valence-corrected chi connectivity index (χ4v) is 5.71. The number of hydrogen-bond donors (Lipinski definition) is 0. The molecule has 0 aliphatic heterocycles. The number of unbranched alkanes of at least 4 members (excludes halogenated alkanes) is 2. The molecule has 0 saturated heterocycles. The molecule has 0 fully saturated rings. The third-order valence-electron chi connectivity index (χ3n) is 4.34. The molecule has 0 saturated carbocycles. The lowest BCUT2D eigenvalue weighted by Gasteiger charge is -2.37. The van der Waals surface area contributed by atoms with E-state index in [2.05, 4.69) is 0 Å². The van der Waals surface area contributed by atoms with Gasteiger partial charge in [-0.2, -0.15) is 0 Å². The predicted molar refractivity (Wildman–Crippen MR) is 84.2 cm³/mol. The highest BCUT2D eigenvalue weighted by Gasteiger charge is 2.51. The zero-order chi connectivity index (χ0) is 17.2. The van der Waals surface area contributed by atoms with Crippen molar-refractivity contribution in [1.82, 2.24) is 0 Å². The summed E-state index contributed by atoms with van der Waals surface area (Å²) in [6, 6.07) is 0. The van der Waals surface area contributed by atoms with E-state index < -0.39 is 33.7 Å². The van der Waals surface area contributed by atoms with Crippen molar-refractivity contribution in [3.05, 3.63) is 0 Å². The molecule has 0 rings (SSSR count). The van der Waals surface area contributed by atoms with Gasteiger partial charge in [-0.05, 0) is 25.2 Å². The second kappa shape index (κ2) is 11.4. The number of hydrogen-bond acceptors (Lipinski definition) is 3. The third-order valence-corrected chi connectivity index (χ3v) is 7.89. The minimum atomic E-state index is -3.02. The molecule has 0 aliphatic rings. The maximum absolute atomic E-state index is 14.5. The monoisotopic (exact) mass is 344 g/mol. The average molecular weight is 344 g/mol. The molecule has 0 aromatic rings. The zero-order valence-electron chi connectivity index (χ0n) is 14.4. The van der Waals surface area contributed by atoms with E-state index in [1.54, 1.807) is 6.92 Å². The minimum absolute atomic E-state index is 0.115. The van der Waals surface area contributed by atoms with Gasteiger partial charge in [0.25, 0.3) is 0 Å². The van der Waals surface area contributed by atoms with Crippen LogP contribution >= 0.6 is 0 Å². The van der Waals surface area contributed by atoms with E-state index in [4.69, 9.17) is 13.3 Å². The molecule has 0 amide bonds. The van der Waals surface area contributed by atoms with Crippen LogP contribution in [0.15, 0.2) is 0 Å². The van der Waals surface area contributed by atoms with Crippen LogP contribution in [0.4, 0.5) is 13.2 Å². The fraction of sp³-hybridized carbons (Fsp3) is 1.00. The molecule has 0 aromatic carbocycles. The highest BCUT2D eigenvalue weighted by molar-refractivity contribution is 6.62. The Hall–Kier alpha value is -0.113. The Labute approximate surface area is 133 Å². The molecule has 4 unspecified atom stereocenters. The van der Waals surface area contributed by atoms with Gasteiger partial charge in [0.15, 0.2) is 0 Å². The van der Waals surface area contributed by atoms with E-state index in [0.717, 1.165) is 0 Å². The first-order valence-electron chi connectivity index (χ1n) is 7.93. The van der Waals surface area contributed by atoms with E-state index in [0.29, 0.717) is 25.7 Å². The summed E-state index contributed by atoms with van der Waals surface area (Å²) >= 11 is 0. The Kier molecular flexibility index (Phi) is 11.4. The van der Waals surface area contributed by atoms with Crippen LogP contribution in [0.1, 0.15) is 46.0 Å². The molecule has 0 aliphatic carbocycles. The number of halogens is 3. The van der Waals surface area contributed by atoms with Gasteiger partial charge in [-0.25, -0.2) is 8.78 Å². The summed E-state index contributed by atoms with van der Waals surface area (Å²) in [5.74, 6) is -0.576. The normalized spacial score (nSPS) is 18.0. The molecule has 0 heterocycles. The van der Waals surface area contributed by atoms with Crippen LogP contribution in [0.25, 0.3) is 0 Å². The largest absolute Gasteiger partial charge is 0.503 e. The van der Waals surface area contributed by atoms with Crippen molar-refractivity contribution >= 4 is 8.80 Å². The van der Waals surface area contributed by atoms with Crippen LogP contribution in [-0.2, 0) is 13.3 Å². The fourth-order valence-electron chi connectivity index (χ4n) is 2.97. The maximum Gasteiger partial charge on any atom is 0.503 e. The van der Waals surface area contributed by atoms with Gasteiger partial charge in [0.1, 0.15) is 12.3 Å². The van der Waals surface area contributed by atoms with Gasteiger partial charge < -0.3 is 13.3 Å². The van der Waals surface area contributed by atoms with Gasteiger partial charge in [0.05, 0.1) is 6.67 Å². The molecule has 0 radical (unpaired) electrons. The lowest BCUT2D eigenvalue weighted by Crippen LogP contribution is -2.51.